The van der Waals surface area contributed by atoms with Crippen LogP contribution in [0.15, 0.2) is 60.7 Å². The van der Waals surface area contributed by atoms with Crippen molar-refractivity contribution in [2.75, 3.05) is 0 Å². The molecule has 0 N–H and O–H groups in total. The van der Waals surface area contributed by atoms with Crippen molar-refractivity contribution >= 4 is 7.82 Å². The van der Waals surface area contributed by atoms with Gasteiger partial charge in [0.1, 0.15) is 11.5 Å². The molecule has 1 radical (unpaired) electrons. The molecule has 93 valence electrons. The highest BCUT2D eigenvalue weighted by molar-refractivity contribution is 7.49. The summed E-state index contributed by atoms with van der Waals surface area (Å²) in [6.45, 7) is 0. The fourth-order valence-electron chi connectivity index (χ4n) is 1.29. The van der Waals surface area contributed by atoms with Gasteiger partial charge in [-0.2, -0.15) is 0 Å². The van der Waals surface area contributed by atoms with E-state index < -0.39 is 7.82 Å². The number of hydrogen-bond acceptors (Lipinski definition) is 4. The van der Waals surface area contributed by atoms with Gasteiger partial charge >= 0.3 is 7.82 Å². The van der Waals surface area contributed by atoms with E-state index in [0.29, 0.717) is 11.5 Å². The Morgan fingerprint density at radius 1 is 0.778 bits per heavy atom. The van der Waals surface area contributed by atoms with Crippen LogP contribution in [-0.2, 0) is 9.09 Å². The maximum Gasteiger partial charge on any atom is 0.587 e. The maximum absolute atomic E-state index is 12.2. The first-order valence-corrected chi connectivity index (χ1v) is 6.71. The first-order valence-electron chi connectivity index (χ1n) is 5.25. The Bertz CT molecular complexity index is 482. The second-order valence-corrected chi connectivity index (χ2v) is 4.90. The van der Waals surface area contributed by atoms with Crippen LogP contribution >= 0.6 is 7.82 Å². The van der Waals surface area contributed by atoms with Crippen LogP contribution in [0.3, 0.4) is 0 Å². The lowest BCUT2D eigenvalue weighted by Crippen LogP contribution is -2.01. The van der Waals surface area contributed by atoms with Gasteiger partial charge in [0.05, 0.1) is 7.11 Å². The van der Waals surface area contributed by atoms with E-state index in [2.05, 4.69) is 11.6 Å². The van der Waals surface area contributed by atoms with Crippen molar-refractivity contribution < 1.29 is 18.1 Å². The topological polar surface area (TPSA) is 44.8 Å². The summed E-state index contributed by atoms with van der Waals surface area (Å²) >= 11 is 0. The number of rotatable bonds is 5. The molecule has 2 aromatic rings. The zero-order chi connectivity index (χ0) is 12.8. The largest absolute Gasteiger partial charge is 0.587 e. The first kappa shape index (κ1) is 12.7. The summed E-state index contributed by atoms with van der Waals surface area (Å²) in [4.78, 5) is 0. The molecule has 0 heterocycles. The van der Waals surface area contributed by atoms with Crippen molar-refractivity contribution in [3.05, 3.63) is 67.8 Å². The summed E-state index contributed by atoms with van der Waals surface area (Å²) < 4.78 is 27.2. The molecule has 5 heteroatoms. The molecule has 0 saturated carbocycles. The number of hydrogen-bond donors (Lipinski definition) is 0. The van der Waals surface area contributed by atoms with Crippen LogP contribution in [0, 0.1) is 7.11 Å². The molecular weight excluding hydrogens is 251 g/mol. The quantitative estimate of drug-likeness (QED) is 0.763. The van der Waals surface area contributed by atoms with Gasteiger partial charge < -0.3 is 9.05 Å². The summed E-state index contributed by atoms with van der Waals surface area (Å²) in [5.41, 5.74) is 0. The monoisotopic (exact) mass is 263 g/mol. The molecule has 2 rings (SSSR count). The van der Waals surface area contributed by atoms with Crippen LogP contribution in [0.1, 0.15) is 0 Å². The van der Waals surface area contributed by atoms with Gasteiger partial charge in [0.2, 0.25) is 0 Å². The minimum absolute atomic E-state index is 0.389. The third-order valence-corrected chi connectivity index (χ3v) is 3.26. The SMILES string of the molecule is [CH2]OP(=O)(Oc1ccccc1)Oc1ccccc1. The molecule has 0 spiro atoms. The third kappa shape index (κ3) is 3.36. The Morgan fingerprint density at radius 3 is 1.50 bits per heavy atom. The molecule has 0 fully saturated rings. The van der Waals surface area contributed by atoms with Gasteiger partial charge in [0.15, 0.2) is 0 Å². The molecule has 0 saturated heterocycles. The van der Waals surface area contributed by atoms with E-state index in [4.69, 9.17) is 9.05 Å². The molecule has 2 aromatic carbocycles. The van der Waals surface area contributed by atoms with E-state index in [1.807, 2.05) is 12.1 Å². The van der Waals surface area contributed by atoms with Crippen molar-refractivity contribution in [2.24, 2.45) is 0 Å². The minimum Gasteiger partial charge on any atom is -0.395 e. The fourth-order valence-corrected chi connectivity index (χ4v) is 2.19. The summed E-state index contributed by atoms with van der Waals surface area (Å²) in [5, 5.41) is 0. The number of para-hydroxylation sites is 2. The van der Waals surface area contributed by atoms with E-state index >= 15 is 0 Å². The summed E-state index contributed by atoms with van der Waals surface area (Å²) in [5.74, 6) is 0.779. The predicted octanol–water partition coefficient (Wildman–Crippen LogP) is 4.06. The first-order chi connectivity index (χ1) is 8.72. The molecular formula is C13H12O4P. The van der Waals surface area contributed by atoms with E-state index in [0.717, 1.165) is 0 Å². The van der Waals surface area contributed by atoms with Crippen LogP contribution in [0.5, 0.6) is 11.5 Å². The van der Waals surface area contributed by atoms with Gasteiger partial charge in [-0.1, -0.05) is 36.4 Å². The lowest BCUT2D eigenvalue weighted by Gasteiger charge is -2.16. The predicted molar refractivity (Wildman–Crippen MR) is 68.2 cm³/mol. The zero-order valence-corrected chi connectivity index (χ0v) is 10.5. The van der Waals surface area contributed by atoms with Gasteiger partial charge in [-0.05, 0) is 24.3 Å². The molecule has 4 nitrogen and oxygen atoms in total. The van der Waals surface area contributed by atoms with Crippen LogP contribution < -0.4 is 9.05 Å². The number of phosphoric acid groups is 1. The summed E-state index contributed by atoms with van der Waals surface area (Å²) in [6.07, 6.45) is 0. The molecule has 0 bridgehead atoms. The molecule has 18 heavy (non-hydrogen) atoms. The Hall–Kier alpha value is -1.77. The average molecular weight is 263 g/mol. The number of benzene rings is 2. The zero-order valence-electron chi connectivity index (χ0n) is 9.56. The van der Waals surface area contributed by atoms with E-state index in [1.54, 1.807) is 48.5 Å². The van der Waals surface area contributed by atoms with Crippen LogP contribution in [0.2, 0.25) is 0 Å². The minimum atomic E-state index is -3.76. The summed E-state index contributed by atoms with van der Waals surface area (Å²) in [7, 11) is -0.618. The van der Waals surface area contributed by atoms with Crippen molar-refractivity contribution in [3.63, 3.8) is 0 Å². The molecule has 0 unspecified atom stereocenters. The molecule has 0 atom stereocenters. The highest BCUT2D eigenvalue weighted by Crippen LogP contribution is 2.48. The Kier molecular flexibility index (Phi) is 4.03. The highest BCUT2D eigenvalue weighted by Gasteiger charge is 2.28. The molecule has 0 aromatic heterocycles. The smallest absolute Gasteiger partial charge is 0.395 e. The van der Waals surface area contributed by atoms with Crippen molar-refractivity contribution in [3.8, 4) is 11.5 Å². The van der Waals surface area contributed by atoms with Crippen molar-refractivity contribution in [2.45, 2.75) is 0 Å². The third-order valence-electron chi connectivity index (χ3n) is 2.08. The standard InChI is InChI=1S/C13H12O4P/c1-15-18(14,16-12-8-4-2-5-9-12)17-13-10-6-3-7-11-13/h2-11H,1H2. The van der Waals surface area contributed by atoms with Crippen molar-refractivity contribution in [1.29, 1.82) is 0 Å². The van der Waals surface area contributed by atoms with E-state index in [1.165, 1.54) is 0 Å². The van der Waals surface area contributed by atoms with Gasteiger partial charge in [-0.3, -0.25) is 4.52 Å². The second-order valence-electron chi connectivity index (χ2n) is 3.38. The number of phosphoric ester groups is 1. The Labute approximate surface area is 106 Å². The van der Waals surface area contributed by atoms with E-state index in [-0.39, 0.29) is 0 Å². The highest BCUT2D eigenvalue weighted by atomic mass is 31.2. The average Bonchev–Trinajstić information content (AvgIpc) is 2.41. The molecule has 0 aliphatic rings. The normalized spacial score (nSPS) is 10.9. The van der Waals surface area contributed by atoms with E-state index in [9.17, 15) is 4.57 Å². The summed E-state index contributed by atoms with van der Waals surface area (Å²) in [6, 6.07) is 17.3. The molecule has 0 aliphatic heterocycles. The molecule has 0 aliphatic carbocycles. The van der Waals surface area contributed by atoms with Crippen LogP contribution in [0.4, 0.5) is 0 Å². The fraction of sp³-hybridized carbons (Fsp3) is 0. The van der Waals surface area contributed by atoms with Crippen LogP contribution in [-0.4, -0.2) is 0 Å². The Balaban J connectivity index is 2.14. The lowest BCUT2D eigenvalue weighted by atomic mass is 10.3. The Morgan fingerprint density at radius 2 is 1.17 bits per heavy atom. The van der Waals surface area contributed by atoms with Crippen LogP contribution in [0.25, 0.3) is 0 Å². The molecule has 0 amide bonds. The maximum atomic E-state index is 12.2. The lowest BCUT2D eigenvalue weighted by molar-refractivity contribution is 0.270. The van der Waals surface area contributed by atoms with Gasteiger partial charge in [-0.25, -0.2) is 4.57 Å². The van der Waals surface area contributed by atoms with Gasteiger partial charge in [0, 0.05) is 0 Å². The van der Waals surface area contributed by atoms with Gasteiger partial charge in [-0.15, -0.1) is 0 Å². The second kappa shape index (κ2) is 5.71. The van der Waals surface area contributed by atoms with Gasteiger partial charge in [0.25, 0.3) is 0 Å². The van der Waals surface area contributed by atoms with Crippen molar-refractivity contribution in [1.82, 2.24) is 0 Å².